The summed E-state index contributed by atoms with van der Waals surface area (Å²) in [7, 11) is 0. The molecule has 0 spiro atoms. The molecule has 0 saturated heterocycles. The predicted octanol–water partition coefficient (Wildman–Crippen LogP) is 16.8. The zero-order chi connectivity index (χ0) is 42.8. The molecule has 8 rings (SSSR count). The summed E-state index contributed by atoms with van der Waals surface area (Å²) in [6.07, 6.45) is 0. The average molecular weight is 779 g/mol. The first-order valence-corrected chi connectivity index (χ1v) is 21.8. The highest BCUT2D eigenvalue weighted by Gasteiger charge is 2.26. The summed E-state index contributed by atoms with van der Waals surface area (Å²) in [5.74, 6) is 0. The van der Waals surface area contributed by atoms with Crippen LogP contribution in [0, 0.1) is 6.92 Å². The lowest BCUT2D eigenvalue weighted by Crippen LogP contribution is -2.13. The summed E-state index contributed by atoms with van der Waals surface area (Å²) >= 11 is 0. The molecule has 59 heavy (non-hydrogen) atoms. The van der Waals surface area contributed by atoms with Gasteiger partial charge in [0.2, 0.25) is 0 Å². The minimum absolute atomic E-state index is 0.0405. The lowest BCUT2D eigenvalue weighted by atomic mass is 9.81. The summed E-state index contributed by atoms with van der Waals surface area (Å²) in [6, 6.07) is 46.2. The summed E-state index contributed by atoms with van der Waals surface area (Å²) < 4.78 is 2.52. The van der Waals surface area contributed by atoms with Gasteiger partial charge in [-0.05, 0) is 122 Å². The van der Waals surface area contributed by atoms with Gasteiger partial charge in [-0.3, -0.25) is 0 Å². The number of rotatable bonds is 4. The molecule has 2 heterocycles. The van der Waals surface area contributed by atoms with Crippen molar-refractivity contribution in [1.82, 2.24) is 9.55 Å². The Morgan fingerprint density at radius 2 is 0.915 bits per heavy atom. The maximum absolute atomic E-state index is 4.06. The van der Waals surface area contributed by atoms with Crippen LogP contribution in [0.3, 0.4) is 0 Å². The van der Waals surface area contributed by atoms with E-state index in [1.54, 1.807) is 0 Å². The third-order valence-electron chi connectivity index (χ3n) is 12.1. The topological polar surface area (TPSA) is 20.7 Å². The van der Waals surface area contributed by atoms with Gasteiger partial charge in [0.15, 0.2) is 0 Å². The van der Waals surface area contributed by atoms with E-state index in [0.29, 0.717) is 0 Å². The Morgan fingerprint density at radius 1 is 0.424 bits per heavy atom. The normalized spacial score (nSPS) is 12.7. The Bertz CT molecular complexity index is 2740. The standard InChI is InChI=1S/C55H60N2.C2H6/c1-34-19-17-18-22-42(34)49-46-33-40(55(11,12)13)32-43(51(46)56-50(49)35-20-15-14-16-21-35)36-27-39(54(8,9)10)29-41(28-36)57-47-25-23-37(52(2,3)4)30-44(47)45-31-38(53(5,6)7)24-26-48(45)57;1-2/h14-33,56H,1-13H3;1-2H3. The van der Waals surface area contributed by atoms with E-state index in [2.05, 4.69) is 221 Å². The van der Waals surface area contributed by atoms with E-state index in [1.165, 1.54) is 94.0 Å². The van der Waals surface area contributed by atoms with E-state index in [-0.39, 0.29) is 21.7 Å². The smallest absolute Gasteiger partial charge is 0.0545 e. The molecule has 0 saturated carbocycles. The van der Waals surface area contributed by atoms with E-state index in [4.69, 9.17) is 0 Å². The fraction of sp³-hybridized carbons (Fsp3) is 0.333. The third-order valence-corrected chi connectivity index (χ3v) is 12.1. The molecular weight excluding hydrogens is 713 g/mol. The summed E-state index contributed by atoms with van der Waals surface area (Å²) in [6.45, 7) is 34.1. The van der Waals surface area contributed by atoms with Crippen molar-refractivity contribution < 1.29 is 0 Å². The van der Waals surface area contributed by atoms with Gasteiger partial charge in [0.1, 0.15) is 0 Å². The van der Waals surface area contributed by atoms with E-state index in [9.17, 15) is 0 Å². The number of aromatic amines is 1. The molecule has 0 fully saturated rings. The molecule has 0 aliphatic rings. The van der Waals surface area contributed by atoms with Crippen LogP contribution in [0.5, 0.6) is 0 Å². The first-order chi connectivity index (χ1) is 27.7. The lowest BCUT2D eigenvalue weighted by Gasteiger charge is -2.24. The van der Waals surface area contributed by atoms with Crippen LogP contribution in [0.15, 0.2) is 121 Å². The molecule has 0 amide bonds. The number of nitrogens with zero attached hydrogens (tertiary/aromatic N) is 1. The molecule has 0 aliphatic carbocycles. The average Bonchev–Trinajstić information content (AvgIpc) is 3.73. The Balaban J connectivity index is 0.00000260. The lowest BCUT2D eigenvalue weighted by molar-refractivity contribution is 0.589. The van der Waals surface area contributed by atoms with Crippen molar-refractivity contribution in [3.8, 4) is 39.2 Å². The van der Waals surface area contributed by atoms with Gasteiger partial charge in [0.05, 0.1) is 22.2 Å². The van der Waals surface area contributed by atoms with E-state index < -0.39 is 0 Å². The summed E-state index contributed by atoms with van der Waals surface area (Å²) in [5.41, 5.74) is 18.7. The maximum Gasteiger partial charge on any atom is 0.0545 e. The quantitative estimate of drug-likeness (QED) is 0.184. The number of aromatic nitrogens is 2. The number of hydrogen-bond donors (Lipinski definition) is 1. The van der Waals surface area contributed by atoms with Gasteiger partial charge in [-0.2, -0.15) is 0 Å². The second kappa shape index (κ2) is 15.0. The third kappa shape index (κ3) is 7.80. The first kappa shape index (κ1) is 41.8. The number of aryl methyl sites for hydroxylation is 1. The van der Waals surface area contributed by atoms with Crippen molar-refractivity contribution in [3.05, 3.63) is 149 Å². The number of benzene rings is 6. The SMILES string of the molecule is CC.Cc1ccccc1-c1c(-c2ccccc2)[nH]c2c(-c3cc(-n4c5ccc(C(C)(C)C)cc5c5cc(C(C)(C)C)ccc54)cc(C(C)(C)C)c3)cc(C(C)(C)C)cc12. The van der Waals surface area contributed by atoms with Gasteiger partial charge in [-0.15, -0.1) is 0 Å². The van der Waals surface area contributed by atoms with Crippen LogP contribution in [-0.4, -0.2) is 9.55 Å². The molecule has 0 atom stereocenters. The molecule has 0 radical (unpaired) electrons. The second-order valence-electron chi connectivity index (χ2n) is 20.6. The monoisotopic (exact) mass is 779 g/mol. The Labute approximate surface area is 354 Å². The Kier molecular flexibility index (Phi) is 10.7. The highest BCUT2D eigenvalue weighted by molar-refractivity contribution is 6.11. The van der Waals surface area contributed by atoms with Crippen molar-refractivity contribution >= 4 is 32.7 Å². The number of H-pyrrole nitrogens is 1. The zero-order valence-corrected chi connectivity index (χ0v) is 38.5. The predicted molar refractivity (Wildman–Crippen MR) is 260 cm³/mol. The Morgan fingerprint density at radius 3 is 1.44 bits per heavy atom. The van der Waals surface area contributed by atoms with Crippen LogP contribution in [0.2, 0.25) is 0 Å². The van der Waals surface area contributed by atoms with Crippen LogP contribution >= 0.6 is 0 Å². The molecule has 0 bridgehead atoms. The molecule has 1 N–H and O–H groups in total. The van der Waals surface area contributed by atoms with Gasteiger partial charge < -0.3 is 9.55 Å². The second-order valence-corrected chi connectivity index (χ2v) is 20.6. The molecule has 2 aromatic heterocycles. The fourth-order valence-electron chi connectivity index (χ4n) is 8.47. The van der Waals surface area contributed by atoms with E-state index >= 15 is 0 Å². The number of hydrogen-bond acceptors (Lipinski definition) is 0. The highest BCUT2D eigenvalue weighted by Crippen LogP contribution is 2.46. The van der Waals surface area contributed by atoms with Gasteiger partial charge in [0, 0.05) is 33.0 Å². The fourth-order valence-corrected chi connectivity index (χ4v) is 8.47. The molecule has 0 aliphatic heterocycles. The van der Waals surface area contributed by atoms with Crippen LogP contribution in [0.25, 0.3) is 71.9 Å². The van der Waals surface area contributed by atoms with E-state index in [0.717, 1.165) is 5.69 Å². The van der Waals surface area contributed by atoms with Gasteiger partial charge in [0.25, 0.3) is 0 Å². The first-order valence-electron chi connectivity index (χ1n) is 21.8. The Hall–Kier alpha value is -5.34. The molecular formula is C57H66N2. The molecule has 2 nitrogen and oxygen atoms in total. The molecule has 304 valence electrons. The van der Waals surface area contributed by atoms with Crippen LogP contribution in [0.1, 0.15) is 125 Å². The van der Waals surface area contributed by atoms with Crippen molar-refractivity contribution in [2.24, 2.45) is 0 Å². The van der Waals surface area contributed by atoms with Crippen molar-refractivity contribution in [1.29, 1.82) is 0 Å². The van der Waals surface area contributed by atoms with Crippen LogP contribution in [0.4, 0.5) is 0 Å². The van der Waals surface area contributed by atoms with Crippen LogP contribution < -0.4 is 0 Å². The van der Waals surface area contributed by atoms with Crippen molar-refractivity contribution in [3.63, 3.8) is 0 Å². The molecule has 2 heteroatoms. The number of fused-ring (bicyclic) bond motifs is 4. The largest absolute Gasteiger partial charge is 0.353 e. The van der Waals surface area contributed by atoms with Crippen LogP contribution in [-0.2, 0) is 21.7 Å². The minimum atomic E-state index is -0.0830. The highest BCUT2D eigenvalue weighted by atomic mass is 15.0. The van der Waals surface area contributed by atoms with E-state index in [1.807, 2.05) is 13.8 Å². The summed E-state index contributed by atoms with van der Waals surface area (Å²) in [5, 5.41) is 3.88. The van der Waals surface area contributed by atoms with Crippen molar-refractivity contribution in [2.45, 2.75) is 126 Å². The molecule has 8 aromatic rings. The van der Waals surface area contributed by atoms with Crippen molar-refractivity contribution in [2.75, 3.05) is 0 Å². The molecule has 6 aromatic carbocycles. The maximum atomic E-state index is 4.06. The van der Waals surface area contributed by atoms with Gasteiger partial charge in [-0.1, -0.05) is 170 Å². The zero-order valence-electron chi connectivity index (χ0n) is 38.5. The molecule has 0 unspecified atom stereocenters. The van der Waals surface area contributed by atoms with Gasteiger partial charge in [-0.25, -0.2) is 0 Å². The van der Waals surface area contributed by atoms with Gasteiger partial charge >= 0.3 is 0 Å². The summed E-state index contributed by atoms with van der Waals surface area (Å²) in [4.78, 5) is 4.06. The minimum Gasteiger partial charge on any atom is -0.353 e. The number of nitrogens with one attached hydrogen (secondary N) is 1.